The van der Waals surface area contributed by atoms with E-state index >= 15 is 0 Å². The maximum Gasteiger partial charge on any atom is 0.216 e. The van der Waals surface area contributed by atoms with Gasteiger partial charge in [-0.15, -0.1) is 5.10 Å². The molecule has 3 heterocycles. The first-order valence-corrected chi connectivity index (χ1v) is 9.56. The number of furan rings is 1. The molecule has 0 saturated heterocycles. The van der Waals surface area contributed by atoms with Gasteiger partial charge in [-0.1, -0.05) is 36.4 Å². The van der Waals surface area contributed by atoms with Crippen molar-refractivity contribution in [2.75, 3.05) is 19.6 Å². The summed E-state index contributed by atoms with van der Waals surface area (Å²) in [6.07, 6.45) is 4.90. The summed E-state index contributed by atoms with van der Waals surface area (Å²) in [6, 6.07) is 14.2. The second-order valence-electron chi connectivity index (χ2n) is 6.54. The van der Waals surface area contributed by atoms with Gasteiger partial charge in [0.15, 0.2) is 11.7 Å². The molecule has 28 heavy (non-hydrogen) atoms. The Kier molecular flexibility index (Phi) is 5.51. The zero-order valence-corrected chi connectivity index (χ0v) is 15.9. The van der Waals surface area contributed by atoms with Crippen molar-refractivity contribution in [3.63, 3.8) is 0 Å². The number of nitrogens with one attached hydrogen (secondary N) is 2. The minimum atomic E-state index is 0.432. The van der Waals surface area contributed by atoms with Crippen LogP contribution in [0.5, 0.6) is 0 Å². The maximum absolute atomic E-state index is 5.33. The highest BCUT2D eigenvalue weighted by Gasteiger charge is 2.16. The lowest BCUT2D eigenvalue weighted by atomic mass is 10.00. The minimum Gasteiger partial charge on any atom is -0.461 e. The molecule has 0 saturated carbocycles. The van der Waals surface area contributed by atoms with Crippen molar-refractivity contribution in [2.45, 2.75) is 19.9 Å². The largest absolute Gasteiger partial charge is 0.461 e. The van der Waals surface area contributed by atoms with Gasteiger partial charge in [-0.05, 0) is 36.6 Å². The number of hydrogen-bond acceptors (Lipinski definition) is 4. The number of benzene rings is 1. The van der Waals surface area contributed by atoms with Crippen molar-refractivity contribution in [1.29, 1.82) is 0 Å². The molecule has 144 valence electrons. The average Bonchev–Trinajstić information content (AvgIpc) is 3.44. The predicted octanol–water partition coefficient (Wildman–Crippen LogP) is 3.32. The maximum atomic E-state index is 5.33. The molecule has 1 aliphatic heterocycles. The molecule has 2 N–H and O–H groups in total. The van der Waals surface area contributed by atoms with Crippen LogP contribution in [0.3, 0.4) is 0 Å². The van der Waals surface area contributed by atoms with E-state index in [0.29, 0.717) is 24.0 Å². The average molecular weight is 376 g/mol. The molecule has 0 unspecified atom stereocenters. The van der Waals surface area contributed by atoms with Gasteiger partial charge in [0.2, 0.25) is 5.82 Å². The second kappa shape index (κ2) is 8.56. The molecule has 3 aromatic rings. The molecular formula is C21H24N6O. The first kappa shape index (κ1) is 18.0. The molecule has 0 fully saturated rings. The van der Waals surface area contributed by atoms with Crippen molar-refractivity contribution in [2.24, 2.45) is 4.99 Å². The molecule has 0 radical (unpaired) electrons. The first-order chi connectivity index (χ1) is 13.8. The zero-order valence-electron chi connectivity index (χ0n) is 15.9. The van der Waals surface area contributed by atoms with Crippen LogP contribution >= 0.6 is 0 Å². The molecule has 0 bridgehead atoms. The number of aliphatic imine (C=N–C) groups is 1. The molecule has 0 amide bonds. The molecule has 1 aliphatic rings. The Morgan fingerprint density at radius 2 is 2.14 bits per heavy atom. The number of aromatic nitrogens is 3. The highest BCUT2D eigenvalue weighted by molar-refractivity contribution is 5.81. The van der Waals surface area contributed by atoms with Gasteiger partial charge in [-0.25, -0.2) is 9.98 Å². The Morgan fingerprint density at radius 3 is 2.86 bits per heavy atom. The summed E-state index contributed by atoms with van der Waals surface area (Å²) in [7, 11) is 0. The molecule has 0 atom stereocenters. The highest BCUT2D eigenvalue weighted by Crippen LogP contribution is 2.22. The monoisotopic (exact) mass is 376 g/mol. The van der Waals surface area contributed by atoms with Crippen LogP contribution in [0.4, 0.5) is 0 Å². The summed E-state index contributed by atoms with van der Waals surface area (Å²) in [5, 5.41) is 10.5. The van der Waals surface area contributed by atoms with Crippen molar-refractivity contribution < 1.29 is 4.42 Å². The summed E-state index contributed by atoms with van der Waals surface area (Å²) in [4.78, 5) is 11.5. The standard InChI is InChI=1S/C21H24N6O/c1-2-22-21(23-15-19-24-20(26-25-19)18-9-6-14-28-18)27-12-10-17(11-13-27)16-7-4-3-5-8-16/h3-10,14H,2,11-13,15H2,1H3,(H,22,23)(H,24,25,26). The SMILES string of the molecule is CCNC(=NCc1nc(-c2ccco2)n[nH]1)N1CC=C(c2ccccc2)CC1. The fraction of sp³-hybridized carbons (Fsp3) is 0.286. The van der Waals surface area contributed by atoms with Crippen LogP contribution in [0.2, 0.25) is 0 Å². The summed E-state index contributed by atoms with van der Waals surface area (Å²) < 4.78 is 5.33. The van der Waals surface area contributed by atoms with Crippen LogP contribution in [-0.4, -0.2) is 45.7 Å². The van der Waals surface area contributed by atoms with E-state index in [1.165, 1.54) is 11.1 Å². The number of nitrogens with zero attached hydrogens (tertiary/aromatic N) is 4. The van der Waals surface area contributed by atoms with Gasteiger partial charge in [0.1, 0.15) is 12.4 Å². The van der Waals surface area contributed by atoms with Gasteiger partial charge in [0, 0.05) is 19.6 Å². The second-order valence-corrected chi connectivity index (χ2v) is 6.54. The molecule has 1 aromatic carbocycles. The van der Waals surface area contributed by atoms with Gasteiger partial charge in [0.25, 0.3) is 0 Å². The molecule has 7 heteroatoms. The van der Waals surface area contributed by atoms with Crippen LogP contribution < -0.4 is 5.32 Å². The summed E-state index contributed by atoms with van der Waals surface area (Å²) in [5.41, 5.74) is 2.70. The van der Waals surface area contributed by atoms with Gasteiger partial charge >= 0.3 is 0 Å². The summed E-state index contributed by atoms with van der Waals surface area (Å²) in [6.45, 7) is 5.10. The van der Waals surface area contributed by atoms with Crippen molar-refractivity contribution >= 4 is 11.5 Å². The van der Waals surface area contributed by atoms with E-state index in [9.17, 15) is 0 Å². The Balaban J connectivity index is 1.43. The quantitative estimate of drug-likeness (QED) is 0.527. The molecule has 7 nitrogen and oxygen atoms in total. The number of H-pyrrole nitrogens is 1. The number of rotatable bonds is 5. The van der Waals surface area contributed by atoms with Crippen LogP contribution in [-0.2, 0) is 6.54 Å². The lowest BCUT2D eigenvalue weighted by Crippen LogP contribution is -2.43. The van der Waals surface area contributed by atoms with E-state index < -0.39 is 0 Å². The van der Waals surface area contributed by atoms with E-state index in [1.54, 1.807) is 6.26 Å². The van der Waals surface area contributed by atoms with Crippen LogP contribution in [0.15, 0.2) is 64.2 Å². The molecular weight excluding hydrogens is 352 g/mol. The normalized spacial score (nSPS) is 14.8. The highest BCUT2D eigenvalue weighted by atomic mass is 16.3. The molecule has 2 aromatic heterocycles. The van der Waals surface area contributed by atoms with Gasteiger partial charge in [0.05, 0.1) is 6.26 Å². The Hall–Kier alpha value is -3.35. The smallest absolute Gasteiger partial charge is 0.216 e. The van der Waals surface area contributed by atoms with Gasteiger partial charge in [-0.2, -0.15) is 0 Å². The number of hydrogen-bond donors (Lipinski definition) is 2. The third-order valence-electron chi connectivity index (χ3n) is 4.64. The van der Waals surface area contributed by atoms with Gasteiger partial charge in [-0.3, -0.25) is 5.10 Å². The third-order valence-corrected chi connectivity index (χ3v) is 4.64. The lowest BCUT2D eigenvalue weighted by molar-refractivity contribution is 0.439. The van der Waals surface area contributed by atoms with E-state index in [0.717, 1.165) is 32.0 Å². The lowest BCUT2D eigenvalue weighted by Gasteiger charge is -2.29. The fourth-order valence-corrected chi connectivity index (χ4v) is 3.23. The zero-order chi connectivity index (χ0) is 19.2. The van der Waals surface area contributed by atoms with Crippen LogP contribution in [0.1, 0.15) is 24.7 Å². The Bertz CT molecular complexity index is 942. The van der Waals surface area contributed by atoms with E-state index in [2.05, 4.69) is 68.7 Å². The molecule has 0 aliphatic carbocycles. The third kappa shape index (κ3) is 4.14. The first-order valence-electron chi connectivity index (χ1n) is 9.56. The van der Waals surface area contributed by atoms with Crippen LogP contribution in [0.25, 0.3) is 17.2 Å². The van der Waals surface area contributed by atoms with E-state index in [4.69, 9.17) is 9.41 Å². The Morgan fingerprint density at radius 1 is 1.25 bits per heavy atom. The van der Waals surface area contributed by atoms with Gasteiger partial charge < -0.3 is 14.6 Å². The van der Waals surface area contributed by atoms with Crippen molar-refractivity contribution in [3.05, 3.63) is 66.2 Å². The van der Waals surface area contributed by atoms with E-state index in [1.807, 2.05) is 12.1 Å². The van der Waals surface area contributed by atoms with Crippen molar-refractivity contribution in [1.82, 2.24) is 25.4 Å². The minimum absolute atomic E-state index is 0.432. The van der Waals surface area contributed by atoms with Crippen LogP contribution in [0, 0.1) is 0 Å². The topological polar surface area (TPSA) is 82.3 Å². The van der Waals surface area contributed by atoms with Crippen molar-refractivity contribution in [3.8, 4) is 11.6 Å². The predicted molar refractivity (Wildman–Crippen MR) is 110 cm³/mol. The molecule has 4 rings (SSSR count). The summed E-state index contributed by atoms with van der Waals surface area (Å²) >= 11 is 0. The van der Waals surface area contributed by atoms with E-state index in [-0.39, 0.29) is 0 Å². The number of guanidine groups is 1. The fourth-order valence-electron chi connectivity index (χ4n) is 3.23. The Labute approximate surface area is 164 Å². The molecule has 0 spiro atoms. The number of aromatic amines is 1. The summed E-state index contributed by atoms with van der Waals surface area (Å²) in [5.74, 6) is 2.79.